The van der Waals surface area contributed by atoms with Gasteiger partial charge in [-0.25, -0.2) is 22.8 Å². The minimum absolute atomic E-state index is 0.224. The molecule has 0 spiro atoms. The van der Waals surface area contributed by atoms with Gasteiger partial charge in [-0.2, -0.15) is 0 Å². The van der Waals surface area contributed by atoms with Gasteiger partial charge in [0.2, 0.25) is 15.8 Å². The Morgan fingerprint density at radius 2 is 1.83 bits per heavy atom. The SMILES string of the molecule is [C-]#[N+]C1=Cc2n(C(=O)OC3C(C)CC(C)CC3C)c(-c3ccc(C)cc3)n[n+]2C1=Nc1ccc(N(CC)CCNS(C)(=O)=O)cc1C. The van der Waals surface area contributed by atoms with E-state index in [1.807, 2.05) is 63.2 Å². The average molecular weight is 659 g/mol. The number of fused-ring (bicyclic) bond motifs is 1. The summed E-state index contributed by atoms with van der Waals surface area (Å²) in [6.45, 7) is 21.9. The summed E-state index contributed by atoms with van der Waals surface area (Å²) in [6.07, 6.45) is 4.03. The second kappa shape index (κ2) is 13.8. The molecule has 2 unspecified atom stereocenters. The van der Waals surface area contributed by atoms with E-state index < -0.39 is 16.1 Å². The van der Waals surface area contributed by atoms with Crippen molar-refractivity contribution in [3.63, 3.8) is 0 Å². The van der Waals surface area contributed by atoms with Crippen molar-refractivity contribution < 1.29 is 22.6 Å². The molecule has 0 saturated heterocycles. The molecule has 1 aliphatic heterocycles. The number of ether oxygens (including phenoxy) is 1. The molecule has 12 heteroatoms. The first kappa shape index (κ1) is 34.0. The Hall–Kier alpha value is -4.34. The van der Waals surface area contributed by atoms with E-state index in [9.17, 15) is 13.2 Å². The number of likely N-dealkylation sites (N-methyl/N-ethyl adjacent to an activating group) is 1. The van der Waals surface area contributed by atoms with E-state index in [1.165, 1.54) is 4.57 Å². The Balaban J connectivity index is 1.52. The highest BCUT2D eigenvalue weighted by molar-refractivity contribution is 7.88. The summed E-state index contributed by atoms with van der Waals surface area (Å²) in [7, 11) is -3.27. The van der Waals surface area contributed by atoms with Crippen molar-refractivity contribution in [2.45, 2.75) is 60.5 Å². The maximum atomic E-state index is 14.0. The van der Waals surface area contributed by atoms with Crippen LogP contribution in [0.2, 0.25) is 0 Å². The number of aromatic nitrogens is 3. The van der Waals surface area contributed by atoms with Gasteiger partial charge in [-0.3, -0.25) is 0 Å². The van der Waals surface area contributed by atoms with E-state index in [0.717, 1.165) is 41.5 Å². The van der Waals surface area contributed by atoms with E-state index in [1.54, 1.807) is 10.8 Å². The number of nitrogens with zero attached hydrogens (tertiary/aromatic N) is 6. The molecule has 0 amide bonds. The number of benzene rings is 2. The molecule has 1 aliphatic carbocycles. The van der Waals surface area contributed by atoms with E-state index >= 15 is 0 Å². The minimum Gasteiger partial charge on any atom is -0.433 e. The van der Waals surface area contributed by atoms with Crippen LogP contribution in [-0.2, 0) is 14.8 Å². The Morgan fingerprint density at radius 1 is 1.15 bits per heavy atom. The number of hydrogen-bond donors (Lipinski definition) is 1. The first-order valence-corrected chi connectivity index (χ1v) is 18.0. The first-order chi connectivity index (χ1) is 22.3. The third-order valence-electron chi connectivity index (χ3n) is 8.97. The fourth-order valence-electron chi connectivity index (χ4n) is 6.73. The van der Waals surface area contributed by atoms with Crippen molar-refractivity contribution in [1.29, 1.82) is 0 Å². The molecule has 2 aromatic carbocycles. The lowest BCUT2D eigenvalue weighted by molar-refractivity contribution is -0.616. The third-order valence-corrected chi connectivity index (χ3v) is 9.70. The van der Waals surface area contributed by atoms with E-state index in [4.69, 9.17) is 21.4 Å². The van der Waals surface area contributed by atoms with Gasteiger partial charge in [0, 0.05) is 37.0 Å². The summed E-state index contributed by atoms with van der Waals surface area (Å²) in [5.74, 6) is 2.17. The zero-order valence-corrected chi connectivity index (χ0v) is 29.0. The summed E-state index contributed by atoms with van der Waals surface area (Å²) >= 11 is 0. The number of aryl methyl sites for hydroxylation is 2. The number of sulfonamides is 1. The zero-order chi connectivity index (χ0) is 34.0. The minimum atomic E-state index is -3.27. The average Bonchev–Trinajstić information content (AvgIpc) is 3.54. The number of carbonyl (C=O) groups is 1. The second-order valence-electron chi connectivity index (χ2n) is 13.0. The maximum absolute atomic E-state index is 14.0. The van der Waals surface area contributed by atoms with E-state index in [-0.39, 0.29) is 23.6 Å². The number of anilines is 1. The van der Waals surface area contributed by atoms with Crippen LogP contribution in [0.5, 0.6) is 0 Å². The highest BCUT2D eigenvalue weighted by atomic mass is 32.2. The summed E-state index contributed by atoms with van der Waals surface area (Å²) in [5, 5.41) is 4.86. The number of carbonyl (C=O) groups excluding carboxylic acids is 1. The fourth-order valence-corrected chi connectivity index (χ4v) is 7.20. The van der Waals surface area contributed by atoms with Gasteiger partial charge in [0.15, 0.2) is 0 Å². The number of nitrogens with one attached hydrogen (secondary N) is 1. The summed E-state index contributed by atoms with van der Waals surface area (Å²) in [5.41, 5.74) is 4.54. The predicted octanol–water partition coefficient (Wildman–Crippen LogP) is 5.74. The van der Waals surface area contributed by atoms with Crippen molar-refractivity contribution >= 4 is 39.4 Å². The number of allylic oxidation sites excluding steroid dienone is 1. The van der Waals surface area contributed by atoms with Gasteiger partial charge in [0.1, 0.15) is 11.8 Å². The van der Waals surface area contributed by atoms with Gasteiger partial charge in [-0.15, -0.1) is 14.2 Å². The molecule has 0 bridgehead atoms. The van der Waals surface area contributed by atoms with Crippen LogP contribution < -0.4 is 14.3 Å². The molecule has 47 heavy (non-hydrogen) atoms. The Kier molecular flexibility index (Phi) is 9.98. The third kappa shape index (κ3) is 7.47. The predicted molar refractivity (Wildman–Crippen MR) is 184 cm³/mol. The second-order valence-corrected chi connectivity index (χ2v) is 14.8. The Morgan fingerprint density at radius 3 is 2.43 bits per heavy atom. The van der Waals surface area contributed by atoms with Crippen molar-refractivity contribution in [2.75, 3.05) is 30.8 Å². The first-order valence-electron chi connectivity index (χ1n) is 16.1. The molecule has 1 saturated carbocycles. The van der Waals surface area contributed by atoms with Crippen LogP contribution in [0.25, 0.3) is 22.3 Å². The molecule has 2 heterocycles. The largest absolute Gasteiger partial charge is 0.483 e. The molecular formula is C35H44N7O4S+. The number of rotatable bonds is 9. The van der Waals surface area contributed by atoms with Crippen LogP contribution in [0.15, 0.2) is 53.2 Å². The molecule has 1 aromatic heterocycles. The molecule has 248 valence electrons. The highest BCUT2D eigenvalue weighted by Gasteiger charge is 2.41. The fraction of sp³-hybridized carbons (Fsp3) is 0.457. The van der Waals surface area contributed by atoms with Crippen LogP contribution in [-0.4, -0.2) is 62.0 Å². The van der Waals surface area contributed by atoms with Gasteiger partial charge in [0.25, 0.3) is 17.4 Å². The molecule has 3 aromatic rings. The summed E-state index contributed by atoms with van der Waals surface area (Å²) in [4.78, 5) is 24.8. The Bertz CT molecular complexity index is 1860. The standard InChI is InChI=1S/C35H44N7O4S/c1-9-40(17-16-37-47(8,44)45)28-14-15-29(24(4)20-28)38-34-30(36-7)21-31-41(33(39-42(31)34)27-12-10-22(2)11-13-27)35(43)46-32-25(5)18-23(3)19-26(32)6/h10-15,20-21,23,25-26,32,37H,9,16-19H2,1-6,8H3/q+1. The summed E-state index contributed by atoms with van der Waals surface area (Å²) in [6, 6.07) is 13.6. The lowest BCUT2D eigenvalue weighted by atomic mass is 9.75. The van der Waals surface area contributed by atoms with Gasteiger partial charge >= 0.3 is 6.09 Å². The number of hydrogen-bond acceptors (Lipinski definition) is 7. The van der Waals surface area contributed by atoms with Crippen LogP contribution >= 0.6 is 0 Å². The molecular weight excluding hydrogens is 614 g/mol. The maximum Gasteiger partial charge on any atom is 0.483 e. The van der Waals surface area contributed by atoms with Crippen molar-refractivity contribution in [3.05, 3.63) is 76.5 Å². The molecule has 2 aliphatic rings. The van der Waals surface area contributed by atoms with Crippen LogP contribution in [0, 0.1) is 38.2 Å². The smallest absolute Gasteiger partial charge is 0.433 e. The zero-order valence-electron chi connectivity index (χ0n) is 28.2. The van der Waals surface area contributed by atoms with Crippen LogP contribution in [0.4, 0.5) is 16.2 Å². The topological polar surface area (TPSA) is 114 Å². The van der Waals surface area contributed by atoms with Crippen molar-refractivity contribution in [2.24, 2.45) is 22.7 Å². The highest BCUT2D eigenvalue weighted by Crippen LogP contribution is 2.36. The molecule has 5 rings (SSSR count). The lowest BCUT2D eigenvalue weighted by Gasteiger charge is -2.36. The van der Waals surface area contributed by atoms with Crippen molar-refractivity contribution in [1.82, 2.24) is 14.4 Å². The van der Waals surface area contributed by atoms with Gasteiger partial charge in [-0.05, 0) is 87.3 Å². The number of aliphatic imine (C=N–C) groups is 1. The van der Waals surface area contributed by atoms with E-state index in [2.05, 4.69) is 35.2 Å². The van der Waals surface area contributed by atoms with Gasteiger partial charge < -0.3 is 9.64 Å². The van der Waals surface area contributed by atoms with Crippen LogP contribution in [0.1, 0.15) is 57.5 Å². The van der Waals surface area contributed by atoms with Gasteiger partial charge in [0.05, 0.1) is 12.8 Å². The summed E-state index contributed by atoms with van der Waals surface area (Å²) < 4.78 is 34.8. The normalized spacial score (nSPS) is 21.7. The molecule has 1 N–H and O–H groups in total. The molecule has 11 nitrogen and oxygen atoms in total. The van der Waals surface area contributed by atoms with Gasteiger partial charge in [-0.1, -0.05) is 43.6 Å². The van der Waals surface area contributed by atoms with Crippen LogP contribution in [0.3, 0.4) is 0 Å². The monoisotopic (exact) mass is 658 g/mol. The van der Waals surface area contributed by atoms with E-state index in [0.29, 0.717) is 48.7 Å². The van der Waals surface area contributed by atoms with Crippen molar-refractivity contribution in [3.8, 4) is 11.4 Å². The quantitative estimate of drug-likeness (QED) is 0.232. The molecule has 1 fully saturated rings. The molecule has 0 radical (unpaired) electrons. The Labute approximate surface area is 277 Å². The lowest BCUT2D eigenvalue weighted by Crippen LogP contribution is -2.45. The molecule has 2 atom stereocenters.